The zero-order valence-electron chi connectivity index (χ0n) is 48.3. The first-order valence-electron chi connectivity index (χ1n) is 27.9. The van der Waals surface area contributed by atoms with Crippen molar-refractivity contribution >= 4 is 191 Å². The number of hydrogen-bond acceptors (Lipinski definition) is 12. The van der Waals surface area contributed by atoms with Gasteiger partial charge in [0.05, 0.1) is 34.5 Å². The number of nitrogens with one attached hydrogen (secondary N) is 1. The van der Waals surface area contributed by atoms with E-state index in [2.05, 4.69) is 190 Å². The van der Waals surface area contributed by atoms with Gasteiger partial charge in [0.25, 0.3) is 0 Å². The second-order valence-electron chi connectivity index (χ2n) is 21.5. The summed E-state index contributed by atoms with van der Waals surface area (Å²) in [6, 6.07) is 17.2. The van der Waals surface area contributed by atoms with E-state index in [0.29, 0.717) is 11.2 Å². The van der Waals surface area contributed by atoms with Crippen LogP contribution in [0.4, 0.5) is 17.5 Å². The van der Waals surface area contributed by atoms with Crippen molar-refractivity contribution in [2.45, 2.75) is 116 Å². The van der Waals surface area contributed by atoms with Gasteiger partial charge in [-0.05, 0) is 176 Å². The molecule has 31 heteroatoms. The summed E-state index contributed by atoms with van der Waals surface area (Å²) >= 11 is 5.91. The minimum absolute atomic E-state index is 0.0635. The minimum Gasteiger partial charge on any atom is -0.362 e. The Morgan fingerprint density at radius 3 is 1.61 bits per heavy atom. The molecular formula is C52H81ClN14P16. The molecule has 0 amide bonds. The molecule has 13 unspecified atom stereocenters. The van der Waals surface area contributed by atoms with Gasteiger partial charge >= 0.3 is 0 Å². The average Bonchev–Trinajstić information content (AvgIpc) is 3.33. The Balaban J connectivity index is 0.000000143. The molecule has 1 N–H and O–H groups in total. The molecule has 0 radical (unpaired) electrons. The summed E-state index contributed by atoms with van der Waals surface area (Å²) in [6.45, 7) is 6.96. The molecule has 2 fully saturated rings. The van der Waals surface area contributed by atoms with Crippen LogP contribution in [0.1, 0.15) is 121 Å². The number of rotatable bonds is 11. The first-order chi connectivity index (χ1) is 39.8. The smallest absolute Gasteiger partial charge is 0.157 e. The highest BCUT2D eigenvalue weighted by Gasteiger charge is 2.36. The number of fused-ring (bicyclic) bond motifs is 6. The summed E-state index contributed by atoms with van der Waals surface area (Å²) in [6.07, 6.45) is 19.7. The molecule has 0 saturated carbocycles. The molecule has 8 aromatic rings. The Morgan fingerprint density at radius 1 is 0.566 bits per heavy atom. The van der Waals surface area contributed by atoms with Crippen LogP contribution in [0, 0.1) is 13.8 Å². The van der Waals surface area contributed by atoms with Crippen LogP contribution in [-0.4, -0.2) is 90.4 Å². The van der Waals surface area contributed by atoms with Crippen molar-refractivity contribution in [1.82, 2.24) is 54.4 Å². The molecule has 2 saturated heterocycles. The number of piperidine rings is 2. The van der Waals surface area contributed by atoms with Crippen LogP contribution in [0.5, 0.6) is 0 Å². The van der Waals surface area contributed by atoms with Gasteiger partial charge in [-0.1, -0.05) is 42.3 Å². The summed E-state index contributed by atoms with van der Waals surface area (Å²) < 4.78 is 4.14. The van der Waals surface area contributed by atoms with Gasteiger partial charge in [-0.2, -0.15) is 19.2 Å². The van der Waals surface area contributed by atoms with Gasteiger partial charge in [-0.25, -0.2) is 29.9 Å². The fourth-order valence-corrected chi connectivity index (χ4v) is 176. The summed E-state index contributed by atoms with van der Waals surface area (Å²) in [5.74, 6) is 3.44. The molecular weight excluding hydrogens is 1350 g/mol. The Kier molecular flexibility index (Phi) is 26.3. The SMILES string of the molecule is CN(C)c1c2c(nc3cc(C4CCCCN4)nn13)CCCC2.Cc1cccc2ncnc(Cl)c12.Cc1cccc2ncnc(N3CCCCC3c3cc4nc5c(c(N(C)C)n4n3)CCCC5)c12.PP(P)P(P)P(P(P)P)P(P(P)P)P(P)P. The molecule has 12 rings (SSSR count). The Labute approximate surface area is 525 Å². The highest BCUT2D eigenvalue weighted by Crippen LogP contribution is 3.24. The van der Waals surface area contributed by atoms with Gasteiger partial charge in [0.15, 0.2) is 11.3 Å². The maximum Gasteiger partial charge on any atom is 0.157 e. The maximum atomic E-state index is 5.91. The number of nitrogens with zero attached hydrogens (tertiary/aromatic N) is 13. The second-order valence-corrected chi connectivity index (χ2v) is 83.6. The minimum atomic E-state index is 0.0635. The fourth-order valence-electron chi connectivity index (χ4n) is 11.5. The van der Waals surface area contributed by atoms with E-state index in [1.807, 2.05) is 25.1 Å². The van der Waals surface area contributed by atoms with Gasteiger partial charge in [-0.3, -0.25) is 0 Å². The van der Waals surface area contributed by atoms with E-state index >= 15 is 0 Å². The van der Waals surface area contributed by atoms with Crippen molar-refractivity contribution in [3.05, 3.63) is 111 Å². The van der Waals surface area contributed by atoms with Crippen molar-refractivity contribution < 1.29 is 0 Å². The molecule has 8 heterocycles. The number of halogens is 1. The molecule has 83 heavy (non-hydrogen) atoms. The molecule has 2 aromatic carbocycles. The van der Waals surface area contributed by atoms with Gasteiger partial charge in [0.2, 0.25) is 0 Å². The Hall–Kier alpha value is 0.890. The third kappa shape index (κ3) is 16.4. The predicted octanol–water partition coefficient (Wildman–Crippen LogP) is 18.7. The number of benzene rings is 2. The molecule has 0 bridgehead atoms. The number of aromatic nitrogens is 10. The molecule has 4 aliphatic rings. The molecule has 6 aromatic heterocycles. The summed E-state index contributed by atoms with van der Waals surface area (Å²) in [4.78, 5) is 34.2. The lowest BCUT2D eigenvalue weighted by atomic mass is 9.96. The quantitative estimate of drug-likeness (QED) is 0.0976. The predicted molar refractivity (Wildman–Crippen MR) is 406 cm³/mol. The van der Waals surface area contributed by atoms with Gasteiger partial charge in [0.1, 0.15) is 35.3 Å². The van der Waals surface area contributed by atoms with Crippen molar-refractivity contribution in [3.8, 4) is 0 Å². The van der Waals surface area contributed by atoms with Crippen LogP contribution in [-0.2, 0) is 25.7 Å². The van der Waals surface area contributed by atoms with Gasteiger partial charge in [-0.15, -0.1) is 80.4 Å². The van der Waals surface area contributed by atoms with Crippen LogP contribution in [0.3, 0.4) is 0 Å². The largest absolute Gasteiger partial charge is 0.362 e. The average molecular weight is 1430 g/mol. The van der Waals surface area contributed by atoms with E-state index in [-0.39, 0.29) is 55.0 Å². The third-order valence-electron chi connectivity index (χ3n) is 15.2. The molecule has 2 aliphatic carbocycles. The third-order valence-corrected chi connectivity index (χ3v) is 111. The van der Waals surface area contributed by atoms with Gasteiger partial charge < -0.3 is 20.0 Å². The van der Waals surface area contributed by atoms with Crippen LogP contribution in [0.15, 0.2) is 61.2 Å². The lowest BCUT2D eigenvalue weighted by Gasteiger charge is -2.40. The van der Waals surface area contributed by atoms with E-state index in [0.717, 1.165) is 107 Å². The van der Waals surface area contributed by atoms with Crippen LogP contribution >= 0.6 is 141 Å². The van der Waals surface area contributed by atoms with E-state index < -0.39 is 0 Å². The number of hydrogen-bond donors (Lipinski definition) is 1. The lowest BCUT2D eigenvalue weighted by molar-refractivity contribution is 0.404. The van der Waals surface area contributed by atoms with E-state index in [1.54, 1.807) is 6.33 Å². The fraction of sp³-hybridized carbons (Fsp3) is 0.462. The van der Waals surface area contributed by atoms with Crippen molar-refractivity contribution in [3.63, 3.8) is 0 Å². The Bertz CT molecular complexity index is 3450. The van der Waals surface area contributed by atoms with Crippen molar-refractivity contribution in [2.24, 2.45) is 0 Å². The summed E-state index contributed by atoms with van der Waals surface area (Å²) in [5, 5.41) is 16.3. The van der Waals surface area contributed by atoms with Crippen molar-refractivity contribution in [1.29, 1.82) is 0 Å². The summed E-state index contributed by atoms with van der Waals surface area (Å²) in [7, 11) is 36.2. The van der Waals surface area contributed by atoms with Crippen LogP contribution in [0.25, 0.3) is 33.1 Å². The lowest BCUT2D eigenvalue weighted by Crippen LogP contribution is -2.34. The molecule has 0 spiro atoms. The highest BCUT2D eigenvalue weighted by atomic mass is 35.5. The van der Waals surface area contributed by atoms with Crippen LogP contribution in [0.2, 0.25) is 5.15 Å². The Morgan fingerprint density at radius 2 is 1.08 bits per heavy atom. The molecule has 446 valence electrons. The standard InChI is InChI=1S/C26H31N7.C17H25N5.C9H7ClN2.H18P16/c1-17-9-8-12-20-24(17)25(28-16-27-20)32-14-7-6-13-22(32)21-15-23-29-19-11-5-4-10-18(19)26(31(2)3)33(23)30-21;1-21(2)17-12-7-3-4-8-13(12)19-16-11-15(20-22(16)17)14-9-5-6-10-18-14;1-6-3-2-4-7-8(6)9(10)12-5-11-7;1-10(2)14(9)16(13(7)8)15(11(3)4)12(5)6/h8-9,12,15-16,22H,4-7,10-11,13-14H2,1-3H3;11,14,18H,3-10H2,1-2H3;2-5H,1H3;1-9H2. The molecule has 14 nitrogen and oxygen atoms in total. The topological polar surface area (TPSA) is 134 Å². The van der Waals surface area contributed by atoms with Crippen molar-refractivity contribution in [2.75, 3.05) is 56.0 Å². The monoisotopic (exact) mass is 1430 g/mol. The molecule has 13 atom stereocenters. The van der Waals surface area contributed by atoms with E-state index in [9.17, 15) is 0 Å². The second kappa shape index (κ2) is 32.0. The normalized spacial score (nSPS) is 18.0. The van der Waals surface area contributed by atoms with E-state index in [4.69, 9.17) is 36.8 Å². The number of anilines is 3. The van der Waals surface area contributed by atoms with Gasteiger partial charge in [0, 0.05) is 80.2 Å². The zero-order chi connectivity index (χ0) is 59.2. The first kappa shape index (κ1) is 68.3. The first-order valence-corrected chi connectivity index (χ1v) is 56.5. The summed E-state index contributed by atoms with van der Waals surface area (Å²) in [5.41, 5.74) is 13.7. The maximum absolute atomic E-state index is 5.91. The highest BCUT2D eigenvalue weighted by molar-refractivity contribution is 9.30. The number of aryl methyl sites for hydroxylation is 4. The molecule has 2 aliphatic heterocycles. The van der Waals surface area contributed by atoms with E-state index in [1.165, 1.54) is 97.4 Å². The zero-order valence-corrected chi connectivity index (χ0v) is 65.7. The van der Waals surface area contributed by atoms with Crippen LogP contribution < -0.4 is 20.0 Å².